The molecule has 0 radical (unpaired) electrons. The van der Waals surface area contributed by atoms with E-state index in [2.05, 4.69) is 0 Å². The molecule has 0 spiro atoms. The van der Waals surface area contributed by atoms with Gasteiger partial charge in [0.1, 0.15) is 24.1 Å². The SMILES string of the molecule is NC(=O)N(OC(=O)OCC(Cl)(Cl)Cl)C1c2ccccc2Oc2ccccc21. The minimum atomic E-state index is -1.82. The summed E-state index contributed by atoms with van der Waals surface area (Å²) in [6.07, 6.45) is -1.25. The zero-order chi connectivity index (χ0) is 19.6. The Hall–Kier alpha value is -2.35. The largest absolute Gasteiger partial charge is 0.533 e. The number of hydrogen-bond donors (Lipinski definition) is 1. The van der Waals surface area contributed by atoms with Crippen LogP contribution in [0.2, 0.25) is 0 Å². The minimum Gasteiger partial charge on any atom is -0.457 e. The van der Waals surface area contributed by atoms with Gasteiger partial charge in [-0.3, -0.25) is 0 Å². The molecule has 10 heteroatoms. The van der Waals surface area contributed by atoms with E-state index in [1.165, 1.54) is 0 Å². The molecule has 0 saturated carbocycles. The van der Waals surface area contributed by atoms with Crippen molar-refractivity contribution in [2.24, 2.45) is 5.73 Å². The number of carbonyl (C=O) groups is 2. The second-order valence-electron chi connectivity index (χ2n) is 5.49. The summed E-state index contributed by atoms with van der Waals surface area (Å²) in [6, 6.07) is 12.1. The molecule has 2 aromatic carbocycles. The van der Waals surface area contributed by atoms with Crippen LogP contribution in [0.4, 0.5) is 9.59 Å². The molecular formula is C17H13Cl3N2O5. The average molecular weight is 432 g/mol. The van der Waals surface area contributed by atoms with Crippen molar-refractivity contribution in [1.29, 1.82) is 0 Å². The maximum atomic E-state index is 12.1. The van der Waals surface area contributed by atoms with Crippen molar-refractivity contribution in [2.75, 3.05) is 6.61 Å². The summed E-state index contributed by atoms with van der Waals surface area (Å²) in [5, 5.41) is 0.695. The van der Waals surface area contributed by atoms with Crippen molar-refractivity contribution in [3.05, 3.63) is 59.7 Å². The zero-order valence-corrected chi connectivity index (χ0v) is 15.9. The Morgan fingerprint density at radius 2 is 1.56 bits per heavy atom. The van der Waals surface area contributed by atoms with E-state index in [1.54, 1.807) is 48.5 Å². The smallest absolute Gasteiger partial charge is 0.457 e. The van der Waals surface area contributed by atoms with E-state index in [9.17, 15) is 9.59 Å². The first-order valence-electron chi connectivity index (χ1n) is 7.62. The molecule has 0 fully saturated rings. The number of amides is 2. The van der Waals surface area contributed by atoms with Crippen LogP contribution in [-0.2, 0) is 9.57 Å². The van der Waals surface area contributed by atoms with Gasteiger partial charge in [0.15, 0.2) is 0 Å². The predicted molar refractivity (Wildman–Crippen MR) is 98.9 cm³/mol. The highest BCUT2D eigenvalue weighted by Gasteiger charge is 2.37. The van der Waals surface area contributed by atoms with Crippen molar-refractivity contribution in [1.82, 2.24) is 5.06 Å². The monoisotopic (exact) mass is 430 g/mol. The summed E-state index contributed by atoms with van der Waals surface area (Å²) >= 11 is 16.6. The molecule has 142 valence electrons. The standard InChI is InChI=1S/C17H13Cl3N2O5/c18-17(19,20)9-25-16(24)27-22(15(21)23)14-10-5-1-3-7-12(10)26-13-8-4-2-6-11(13)14/h1-8,14H,9H2,(H2,21,23). The molecule has 1 heterocycles. The van der Waals surface area contributed by atoms with Crippen molar-refractivity contribution < 1.29 is 23.9 Å². The number of ether oxygens (including phenoxy) is 2. The summed E-state index contributed by atoms with van der Waals surface area (Å²) < 4.78 is 8.72. The topological polar surface area (TPSA) is 91.1 Å². The predicted octanol–water partition coefficient (Wildman–Crippen LogP) is 4.70. The van der Waals surface area contributed by atoms with Crippen LogP contribution in [0.15, 0.2) is 48.5 Å². The second kappa shape index (κ2) is 7.72. The van der Waals surface area contributed by atoms with Gasteiger partial charge in [-0.15, -0.1) is 5.06 Å². The van der Waals surface area contributed by atoms with Crippen LogP contribution < -0.4 is 10.5 Å². The van der Waals surface area contributed by atoms with Crippen molar-refractivity contribution in [3.63, 3.8) is 0 Å². The maximum absolute atomic E-state index is 12.1. The highest BCUT2D eigenvalue weighted by molar-refractivity contribution is 6.67. The van der Waals surface area contributed by atoms with Crippen molar-refractivity contribution >= 4 is 47.0 Å². The Kier molecular flexibility index (Phi) is 5.55. The molecule has 1 aliphatic rings. The van der Waals surface area contributed by atoms with Gasteiger partial charge >= 0.3 is 12.2 Å². The molecule has 0 atom stereocenters. The molecular weight excluding hydrogens is 419 g/mol. The van der Waals surface area contributed by atoms with E-state index in [0.717, 1.165) is 0 Å². The van der Waals surface area contributed by atoms with Gasteiger partial charge in [0.05, 0.1) is 0 Å². The van der Waals surface area contributed by atoms with Crippen molar-refractivity contribution in [2.45, 2.75) is 9.83 Å². The van der Waals surface area contributed by atoms with Crippen LogP contribution in [0.1, 0.15) is 17.2 Å². The Labute approximate surface area is 169 Å². The first-order chi connectivity index (χ1) is 12.8. The number of nitrogens with two attached hydrogens (primary N) is 1. The Balaban J connectivity index is 1.94. The summed E-state index contributed by atoms with van der Waals surface area (Å²) in [4.78, 5) is 29.0. The second-order valence-corrected chi connectivity index (χ2v) is 8.01. The lowest BCUT2D eigenvalue weighted by Gasteiger charge is -2.33. The number of hydrogen-bond acceptors (Lipinski definition) is 5. The van der Waals surface area contributed by atoms with Crippen LogP contribution in [-0.4, -0.2) is 27.6 Å². The molecule has 0 bridgehead atoms. The first kappa shape index (κ1) is 19.4. The van der Waals surface area contributed by atoms with Gasteiger partial charge in [-0.25, -0.2) is 9.59 Å². The number of alkyl halides is 3. The molecule has 0 aliphatic carbocycles. The van der Waals surface area contributed by atoms with E-state index < -0.39 is 28.6 Å². The van der Waals surface area contributed by atoms with Crippen LogP contribution in [0.5, 0.6) is 11.5 Å². The molecule has 3 rings (SSSR count). The fourth-order valence-electron chi connectivity index (χ4n) is 2.61. The number of hydroxylamine groups is 2. The normalized spacial score (nSPS) is 13.0. The van der Waals surface area contributed by atoms with Gasteiger partial charge in [-0.2, -0.15) is 0 Å². The number of halogens is 3. The summed E-state index contributed by atoms with van der Waals surface area (Å²) in [5.74, 6) is 0.983. The molecule has 1 aliphatic heterocycles. The average Bonchev–Trinajstić information content (AvgIpc) is 2.62. The summed E-state index contributed by atoms with van der Waals surface area (Å²) in [7, 11) is 0. The third-order valence-corrected chi connectivity index (χ3v) is 3.95. The fourth-order valence-corrected chi connectivity index (χ4v) is 2.77. The number of primary amides is 1. The van der Waals surface area contributed by atoms with Gasteiger partial charge < -0.3 is 20.0 Å². The van der Waals surface area contributed by atoms with Gasteiger partial charge in [0.25, 0.3) is 0 Å². The number of carbonyl (C=O) groups excluding carboxylic acids is 2. The van der Waals surface area contributed by atoms with Gasteiger partial charge in [0.2, 0.25) is 3.79 Å². The molecule has 0 unspecified atom stereocenters. The molecule has 27 heavy (non-hydrogen) atoms. The number of nitrogens with zero attached hydrogens (tertiary/aromatic N) is 1. The van der Waals surface area contributed by atoms with Crippen LogP contribution in [0, 0.1) is 0 Å². The minimum absolute atomic E-state index is 0.491. The molecule has 0 saturated heterocycles. The van der Waals surface area contributed by atoms with Gasteiger partial charge in [-0.05, 0) is 12.1 Å². The third-order valence-electron chi connectivity index (χ3n) is 3.63. The van der Waals surface area contributed by atoms with E-state index in [0.29, 0.717) is 27.7 Å². The number of fused-ring (bicyclic) bond motifs is 2. The molecule has 2 N–H and O–H groups in total. The Bertz CT molecular complexity index is 826. The Morgan fingerprint density at radius 1 is 1.04 bits per heavy atom. The number of benzene rings is 2. The molecule has 2 aromatic rings. The summed E-state index contributed by atoms with van der Waals surface area (Å²) in [5.41, 5.74) is 6.59. The molecule has 7 nitrogen and oxygen atoms in total. The van der Waals surface area contributed by atoms with Gasteiger partial charge in [-0.1, -0.05) is 71.2 Å². The Morgan fingerprint density at radius 3 is 2.04 bits per heavy atom. The van der Waals surface area contributed by atoms with Crippen LogP contribution in [0.3, 0.4) is 0 Å². The molecule has 2 amide bonds. The van der Waals surface area contributed by atoms with E-state index in [1.807, 2.05) is 0 Å². The van der Waals surface area contributed by atoms with E-state index in [-0.39, 0.29) is 0 Å². The fraction of sp³-hybridized carbons (Fsp3) is 0.176. The highest BCUT2D eigenvalue weighted by atomic mass is 35.6. The number of rotatable bonds is 2. The third kappa shape index (κ3) is 4.50. The van der Waals surface area contributed by atoms with Crippen LogP contribution in [0.25, 0.3) is 0 Å². The maximum Gasteiger partial charge on any atom is 0.533 e. The lowest BCUT2D eigenvalue weighted by Crippen LogP contribution is -2.42. The van der Waals surface area contributed by atoms with Crippen LogP contribution >= 0.6 is 34.8 Å². The zero-order valence-electron chi connectivity index (χ0n) is 13.6. The van der Waals surface area contributed by atoms with Crippen molar-refractivity contribution in [3.8, 4) is 11.5 Å². The van der Waals surface area contributed by atoms with E-state index >= 15 is 0 Å². The first-order valence-corrected chi connectivity index (χ1v) is 8.75. The summed E-state index contributed by atoms with van der Waals surface area (Å²) in [6.45, 7) is -0.565. The number of urea groups is 1. The lowest BCUT2D eigenvalue weighted by atomic mass is 9.94. The quantitative estimate of drug-likeness (QED) is 0.423. The lowest BCUT2D eigenvalue weighted by molar-refractivity contribution is -0.108. The van der Waals surface area contributed by atoms with Gasteiger partial charge in [0, 0.05) is 11.1 Å². The van der Waals surface area contributed by atoms with E-state index in [4.69, 9.17) is 54.8 Å². The highest BCUT2D eigenvalue weighted by Crippen LogP contribution is 2.45. The molecule has 0 aromatic heterocycles. The number of para-hydroxylation sites is 2.